The molecule has 2 aliphatic heterocycles. The van der Waals surface area contributed by atoms with Crippen LogP contribution in [0.2, 0.25) is 0 Å². The van der Waals surface area contributed by atoms with Gasteiger partial charge in [0.1, 0.15) is 23.0 Å². The summed E-state index contributed by atoms with van der Waals surface area (Å²) in [5.41, 5.74) is 0.205. The second-order valence-corrected chi connectivity index (χ2v) is 13.1. The van der Waals surface area contributed by atoms with E-state index in [2.05, 4.69) is 60.1 Å². The van der Waals surface area contributed by atoms with E-state index in [1.165, 1.54) is 0 Å². The van der Waals surface area contributed by atoms with Crippen molar-refractivity contribution < 1.29 is 14.3 Å². The Morgan fingerprint density at radius 2 is 1.89 bits per heavy atom. The summed E-state index contributed by atoms with van der Waals surface area (Å²) in [4.78, 5) is 47.9. The average molecular weight is 611 g/mol. The zero-order chi connectivity index (χ0) is 31.0. The van der Waals surface area contributed by atoms with Crippen molar-refractivity contribution in [1.29, 1.82) is 0 Å². The fourth-order valence-electron chi connectivity index (χ4n) is 5.70. The number of nitrogens with one attached hydrogen (secondary N) is 2. The van der Waals surface area contributed by atoms with Crippen LogP contribution in [0.15, 0.2) is 30.6 Å². The Hall–Kier alpha value is -3.31. The highest BCUT2D eigenvalue weighted by atomic mass is 16.5. The summed E-state index contributed by atoms with van der Waals surface area (Å²) >= 11 is 0. The molecular weight excluding hydrogens is 556 g/mol. The molecule has 2 aromatic heterocycles. The van der Waals surface area contributed by atoms with Crippen molar-refractivity contribution in [2.75, 3.05) is 76.3 Å². The van der Waals surface area contributed by atoms with Gasteiger partial charge in [0.25, 0.3) is 5.91 Å². The monoisotopic (exact) mass is 610 g/mol. The number of methoxy groups -OCH3 is 1. The summed E-state index contributed by atoms with van der Waals surface area (Å²) in [6.07, 6.45) is 4.89. The lowest BCUT2D eigenvalue weighted by atomic mass is 9.92. The van der Waals surface area contributed by atoms with Gasteiger partial charge in [-0.25, -0.2) is 15.0 Å². The van der Waals surface area contributed by atoms with Crippen molar-refractivity contribution >= 4 is 23.5 Å². The molecule has 0 saturated carbocycles. The highest BCUT2D eigenvalue weighted by molar-refractivity contribution is 5.98. The minimum Gasteiger partial charge on any atom is -0.385 e. The molecule has 244 valence electrons. The third-order valence-corrected chi connectivity index (χ3v) is 8.01. The van der Waals surface area contributed by atoms with E-state index in [9.17, 15) is 9.59 Å². The van der Waals surface area contributed by atoms with Gasteiger partial charge >= 0.3 is 0 Å². The number of piperidine rings is 1. The first kappa shape index (κ1) is 35.2. The molecule has 4 rings (SSSR count). The molecule has 0 radical (unpaired) electrons. The number of aromatic nitrogens is 3. The summed E-state index contributed by atoms with van der Waals surface area (Å²) < 4.78 is 5.20. The topological polar surface area (TPSA) is 116 Å². The molecule has 2 aromatic rings. The van der Waals surface area contributed by atoms with Crippen LogP contribution in [0.3, 0.4) is 0 Å². The molecule has 2 atom stereocenters. The van der Waals surface area contributed by atoms with Gasteiger partial charge in [-0.3, -0.25) is 9.59 Å². The normalized spacial score (nSPS) is 19.0. The van der Waals surface area contributed by atoms with Crippen LogP contribution in [0, 0.1) is 11.8 Å². The number of anilines is 2. The van der Waals surface area contributed by atoms with Crippen molar-refractivity contribution in [2.24, 2.45) is 11.8 Å². The van der Waals surface area contributed by atoms with Gasteiger partial charge in [-0.05, 0) is 30.9 Å². The standard InChI is InChI=1S/C32H50N8O3.CH4/c1-23(2)22-40(30(42)26-21-36-31(32(3,4)5)37-28(26)35-12-9-17-43-6)25-18-24(19-33-20-25)29(41)39-15-13-38(14-16-39)27-10-7-8-11-34-27;/h7-8,10-11,21,23-25,33H,9,12-20,22H2,1-6H3,(H,35,36,37);1H4/t24-,25+;/m1./s1. The molecule has 0 aliphatic carbocycles. The highest BCUT2D eigenvalue weighted by Gasteiger charge is 2.37. The van der Waals surface area contributed by atoms with Crippen LogP contribution in [0.4, 0.5) is 11.6 Å². The molecule has 0 bridgehead atoms. The predicted octanol–water partition coefficient (Wildman–Crippen LogP) is 3.68. The molecule has 0 aromatic carbocycles. The molecular formula is C33H54N8O3. The van der Waals surface area contributed by atoms with E-state index in [1.54, 1.807) is 19.5 Å². The lowest BCUT2D eigenvalue weighted by molar-refractivity contribution is -0.137. The predicted molar refractivity (Wildman–Crippen MR) is 176 cm³/mol. The van der Waals surface area contributed by atoms with Crippen molar-refractivity contribution in [1.82, 2.24) is 30.1 Å². The van der Waals surface area contributed by atoms with Gasteiger partial charge in [0.15, 0.2) is 0 Å². The SMILES string of the molecule is C.COCCCNc1nc(C(C)(C)C)ncc1C(=O)N(CC(C)C)[C@@H]1CNC[C@H](C(=O)N2CCN(c3ccccn3)CC2)C1. The average Bonchev–Trinajstić information content (AvgIpc) is 3.01. The third-order valence-electron chi connectivity index (χ3n) is 8.01. The molecule has 2 N–H and O–H groups in total. The van der Waals surface area contributed by atoms with Crippen molar-refractivity contribution in [3.05, 3.63) is 42.0 Å². The number of nitrogens with zero attached hydrogens (tertiary/aromatic N) is 6. The van der Waals surface area contributed by atoms with Crippen LogP contribution < -0.4 is 15.5 Å². The van der Waals surface area contributed by atoms with Crippen LogP contribution >= 0.6 is 0 Å². The van der Waals surface area contributed by atoms with Crippen LogP contribution in [0.1, 0.15) is 71.1 Å². The van der Waals surface area contributed by atoms with Gasteiger partial charge in [0.05, 0.1) is 5.92 Å². The fourth-order valence-corrected chi connectivity index (χ4v) is 5.70. The van der Waals surface area contributed by atoms with E-state index < -0.39 is 0 Å². The Bertz CT molecular complexity index is 1200. The molecule has 11 heteroatoms. The van der Waals surface area contributed by atoms with Crippen molar-refractivity contribution in [2.45, 2.75) is 66.3 Å². The van der Waals surface area contributed by atoms with Crippen molar-refractivity contribution in [3.8, 4) is 0 Å². The van der Waals surface area contributed by atoms with Crippen LogP contribution in [-0.2, 0) is 14.9 Å². The first-order valence-electron chi connectivity index (χ1n) is 15.6. The van der Waals surface area contributed by atoms with Gasteiger partial charge in [-0.2, -0.15) is 0 Å². The van der Waals surface area contributed by atoms with Crippen molar-refractivity contribution in [3.63, 3.8) is 0 Å². The Morgan fingerprint density at radius 1 is 1.14 bits per heavy atom. The maximum atomic E-state index is 14.2. The molecule has 0 spiro atoms. The zero-order valence-corrected chi connectivity index (χ0v) is 26.8. The first-order valence-corrected chi connectivity index (χ1v) is 15.6. The Morgan fingerprint density at radius 3 is 2.52 bits per heavy atom. The summed E-state index contributed by atoms with van der Waals surface area (Å²) in [6.45, 7) is 16.4. The van der Waals surface area contributed by atoms with Gasteiger partial charge in [0.2, 0.25) is 5.91 Å². The lowest BCUT2D eigenvalue weighted by Crippen LogP contribution is -2.57. The summed E-state index contributed by atoms with van der Waals surface area (Å²) in [6, 6.07) is 5.80. The Balaban J connectivity index is 0.00000529. The maximum absolute atomic E-state index is 14.2. The number of hydrogen-bond donors (Lipinski definition) is 2. The smallest absolute Gasteiger partial charge is 0.259 e. The van der Waals surface area contributed by atoms with Crippen LogP contribution in [0.25, 0.3) is 0 Å². The number of ether oxygens (including phenoxy) is 1. The van der Waals surface area contributed by atoms with E-state index in [4.69, 9.17) is 9.72 Å². The van der Waals surface area contributed by atoms with E-state index in [1.807, 2.05) is 28.0 Å². The maximum Gasteiger partial charge on any atom is 0.259 e. The zero-order valence-electron chi connectivity index (χ0n) is 26.8. The van der Waals surface area contributed by atoms with Gasteiger partial charge in [-0.1, -0.05) is 48.1 Å². The van der Waals surface area contributed by atoms with Gasteiger partial charge < -0.3 is 30.1 Å². The van der Waals surface area contributed by atoms with E-state index in [0.717, 1.165) is 25.3 Å². The molecule has 2 fully saturated rings. The lowest BCUT2D eigenvalue weighted by Gasteiger charge is -2.41. The summed E-state index contributed by atoms with van der Waals surface area (Å²) in [5.74, 6) is 2.31. The van der Waals surface area contributed by atoms with Crippen LogP contribution in [0.5, 0.6) is 0 Å². The second-order valence-electron chi connectivity index (χ2n) is 13.1. The summed E-state index contributed by atoms with van der Waals surface area (Å²) in [5, 5.41) is 6.84. The number of rotatable bonds is 11. The second kappa shape index (κ2) is 16.1. The first-order chi connectivity index (χ1) is 20.6. The van der Waals surface area contributed by atoms with E-state index in [-0.39, 0.29) is 42.5 Å². The number of amides is 2. The number of carbonyl (C=O) groups is 2. The minimum atomic E-state index is -0.258. The highest BCUT2D eigenvalue weighted by Crippen LogP contribution is 2.26. The summed E-state index contributed by atoms with van der Waals surface area (Å²) in [7, 11) is 1.68. The number of pyridine rings is 1. The number of hydrogen-bond acceptors (Lipinski definition) is 9. The number of piperazine rings is 1. The molecule has 2 amide bonds. The Labute approximate surface area is 264 Å². The third kappa shape index (κ3) is 9.11. The molecule has 2 aliphatic rings. The minimum absolute atomic E-state index is 0. The molecule has 4 heterocycles. The molecule has 2 saturated heterocycles. The van der Waals surface area contributed by atoms with E-state index in [0.29, 0.717) is 69.5 Å². The molecule has 44 heavy (non-hydrogen) atoms. The quantitative estimate of drug-likeness (QED) is 0.368. The largest absolute Gasteiger partial charge is 0.385 e. The van der Waals surface area contributed by atoms with E-state index >= 15 is 0 Å². The fraction of sp³-hybridized carbons (Fsp3) is 0.667. The van der Waals surface area contributed by atoms with Gasteiger partial charge in [-0.15, -0.1) is 0 Å². The molecule has 11 nitrogen and oxygen atoms in total. The molecule has 0 unspecified atom stereocenters. The number of carbonyl (C=O) groups excluding carboxylic acids is 2. The van der Waals surface area contributed by atoms with Crippen LogP contribution in [-0.4, -0.2) is 109 Å². The Kier molecular flexibility index (Phi) is 12.9. The van der Waals surface area contributed by atoms with Gasteiger partial charge in [0, 0.05) is 89.9 Å².